The predicted molar refractivity (Wildman–Crippen MR) is 105 cm³/mol. The van der Waals surface area contributed by atoms with Gasteiger partial charge in [-0.15, -0.1) is 0 Å². The Morgan fingerprint density at radius 2 is 1.89 bits per heavy atom. The average molecular weight is 441 g/mol. The Balaban J connectivity index is 1.55. The van der Waals surface area contributed by atoms with Crippen molar-refractivity contribution in [3.05, 3.63) is 88.0 Å². The SMILES string of the molecule is O=C1NC(=Cc2ccc(-c3cccc(Br)c3)o2)C(=O)N1Cc1ccccc1F. The molecule has 3 amide bonds. The van der Waals surface area contributed by atoms with E-state index in [1.54, 1.807) is 24.3 Å². The molecule has 4 rings (SSSR count). The Hall–Kier alpha value is -3.19. The second kappa shape index (κ2) is 7.44. The summed E-state index contributed by atoms with van der Waals surface area (Å²) in [7, 11) is 0. The monoisotopic (exact) mass is 440 g/mol. The number of benzene rings is 2. The zero-order valence-corrected chi connectivity index (χ0v) is 16.1. The smallest absolute Gasteiger partial charge is 0.329 e. The van der Waals surface area contributed by atoms with Crippen LogP contribution in [0.1, 0.15) is 11.3 Å². The quantitative estimate of drug-likeness (QED) is 0.461. The lowest BCUT2D eigenvalue weighted by Gasteiger charge is -2.12. The predicted octanol–water partition coefficient (Wildman–Crippen LogP) is 4.94. The third kappa shape index (κ3) is 3.61. The van der Waals surface area contributed by atoms with Crippen molar-refractivity contribution in [3.8, 4) is 11.3 Å². The van der Waals surface area contributed by atoms with Crippen molar-refractivity contribution in [3.63, 3.8) is 0 Å². The second-order valence-electron chi connectivity index (χ2n) is 6.18. The van der Waals surface area contributed by atoms with E-state index in [-0.39, 0.29) is 17.8 Å². The summed E-state index contributed by atoms with van der Waals surface area (Å²) in [6.07, 6.45) is 1.46. The van der Waals surface area contributed by atoms with E-state index in [1.165, 1.54) is 18.2 Å². The number of carbonyl (C=O) groups excluding carboxylic acids is 2. The molecule has 2 aromatic carbocycles. The van der Waals surface area contributed by atoms with Crippen molar-refractivity contribution in [2.75, 3.05) is 0 Å². The molecule has 0 unspecified atom stereocenters. The van der Waals surface area contributed by atoms with E-state index in [4.69, 9.17) is 4.42 Å². The van der Waals surface area contributed by atoms with E-state index < -0.39 is 17.8 Å². The number of rotatable bonds is 4. The Kier molecular flexibility index (Phi) is 4.83. The Morgan fingerprint density at radius 1 is 1.07 bits per heavy atom. The molecule has 1 aromatic heterocycles. The van der Waals surface area contributed by atoms with E-state index in [2.05, 4.69) is 21.2 Å². The van der Waals surface area contributed by atoms with Crippen molar-refractivity contribution in [1.82, 2.24) is 10.2 Å². The normalized spacial score (nSPS) is 15.4. The van der Waals surface area contributed by atoms with Crippen LogP contribution in [0.15, 0.2) is 75.3 Å². The van der Waals surface area contributed by atoms with E-state index in [9.17, 15) is 14.0 Å². The molecule has 1 aliphatic rings. The summed E-state index contributed by atoms with van der Waals surface area (Å²) in [5.41, 5.74) is 1.22. The van der Waals surface area contributed by atoms with Gasteiger partial charge in [-0.25, -0.2) is 9.18 Å². The molecular formula is C21H14BrFN2O3. The summed E-state index contributed by atoms with van der Waals surface area (Å²) in [4.78, 5) is 25.7. The van der Waals surface area contributed by atoms with Crippen LogP contribution in [0.2, 0.25) is 0 Å². The molecule has 140 valence electrons. The van der Waals surface area contributed by atoms with Crippen LogP contribution in [-0.4, -0.2) is 16.8 Å². The molecule has 3 aromatic rings. The first-order chi connectivity index (χ1) is 13.5. The van der Waals surface area contributed by atoms with E-state index in [1.807, 2.05) is 24.3 Å². The molecule has 0 radical (unpaired) electrons. The lowest BCUT2D eigenvalue weighted by molar-refractivity contribution is -0.123. The first-order valence-corrected chi connectivity index (χ1v) is 9.24. The van der Waals surface area contributed by atoms with Crippen molar-refractivity contribution in [2.45, 2.75) is 6.54 Å². The second-order valence-corrected chi connectivity index (χ2v) is 7.10. The zero-order chi connectivity index (χ0) is 19.7. The molecule has 0 aliphatic carbocycles. The summed E-state index contributed by atoms with van der Waals surface area (Å²) in [6, 6.07) is 16.5. The van der Waals surface area contributed by atoms with Crippen molar-refractivity contribution in [2.24, 2.45) is 0 Å². The van der Waals surface area contributed by atoms with Crippen LogP contribution < -0.4 is 5.32 Å². The number of carbonyl (C=O) groups is 2. The highest BCUT2D eigenvalue weighted by Gasteiger charge is 2.34. The largest absolute Gasteiger partial charge is 0.457 e. The molecule has 1 fully saturated rings. The Bertz CT molecular complexity index is 1110. The van der Waals surface area contributed by atoms with Crippen LogP contribution in [0, 0.1) is 5.82 Å². The van der Waals surface area contributed by atoms with Crippen molar-refractivity contribution >= 4 is 33.9 Å². The van der Waals surface area contributed by atoms with E-state index in [0.29, 0.717) is 11.5 Å². The highest BCUT2D eigenvalue weighted by molar-refractivity contribution is 9.10. The molecule has 28 heavy (non-hydrogen) atoms. The highest BCUT2D eigenvalue weighted by atomic mass is 79.9. The van der Waals surface area contributed by atoms with Gasteiger partial charge >= 0.3 is 6.03 Å². The highest BCUT2D eigenvalue weighted by Crippen LogP contribution is 2.26. The molecule has 1 N–H and O–H groups in total. The average Bonchev–Trinajstić information content (AvgIpc) is 3.24. The van der Waals surface area contributed by atoms with Gasteiger partial charge in [0.05, 0.1) is 6.54 Å². The van der Waals surface area contributed by atoms with Crippen LogP contribution in [0.3, 0.4) is 0 Å². The maximum atomic E-state index is 13.8. The first kappa shape index (κ1) is 18.2. The minimum atomic E-state index is -0.599. The summed E-state index contributed by atoms with van der Waals surface area (Å²) < 4.78 is 20.5. The van der Waals surface area contributed by atoms with Gasteiger partial charge in [-0.05, 0) is 30.3 Å². The number of nitrogens with zero attached hydrogens (tertiary/aromatic N) is 1. The van der Waals surface area contributed by atoms with Crippen LogP contribution in [0.25, 0.3) is 17.4 Å². The van der Waals surface area contributed by atoms with Gasteiger partial charge in [-0.3, -0.25) is 9.69 Å². The zero-order valence-electron chi connectivity index (χ0n) is 14.5. The first-order valence-electron chi connectivity index (χ1n) is 8.45. The third-order valence-electron chi connectivity index (χ3n) is 4.27. The number of nitrogens with one attached hydrogen (secondary N) is 1. The van der Waals surface area contributed by atoms with Gasteiger partial charge in [0.1, 0.15) is 23.0 Å². The van der Waals surface area contributed by atoms with Crippen LogP contribution in [0.5, 0.6) is 0 Å². The summed E-state index contributed by atoms with van der Waals surface area (Å²) in [6.45, 7) is -0.143. The molecule has 1 aliphatic heterocycles. The Labute approximate surface area is 168 Å². The molecule has 0 spiro atoms. The lowest BCUT2D eigenvalue weighted by Crippen LogP contribution is -2.30. The van der Waals surface area contributed by atoms with Gasteiger partial charge in [0.15, 0.2) is 0 Å². The van der Waals surface area contributed by atoms with E-state index in [0.717, 1.165) is 14.9 Å². The molecule has 0 atom stereocenters. The number of imide groups is 1. The molecule has 7 heteroatoms. The number of furan rings is 1. The molecular weight excluding hydrogens is 427 g/mol. The van der Waals surface area contributed by atoms with Gasteiger partial charge in [0.25, 0.3) is 5.91 Å². The lowest BCUT2D eigenvalue weighted by atomic mass is 10.2. The van der Waals surface area contributed by atoms with Crippen molar-refractivity contribution in [1.29, 1.82) is 0 Å². The third-order valence-corrected chi connectivity index (χ3v) is 4.76. The van der Waals surface area contributed by atoms with Gasteiger partial charge in [-0.2, -0.15) is 0 Å². The Morgan fingerprint density at radius 3 is 2.68 bits per heavy atom. The number of urea groups is 1. The minimum Gasteiger partial charge on any atom is -0.457 e. The fourth-order valence-electron chi connectivity index (χ4n) is 2.88. The summed E-state index contributed by atoms with van der Waals surface area (Å²) in [5, 5.41) is 2.51. The number of hydrogen-bond donors (Lipinski definition) is 1. The standard InChI is InChI=1S/C21H14BrFN2O3/c22-15-6-3-5-13(10-15)19-9-8-16(28-19)11-18-20(26)25(21(27)24-18)12-14-4-1-2-7-17(14)23/h1-11H,12H2,(H,24,27). The van der Waals surface area contributed by atoms with Gasteiger partial charge in [0, 0.05) is 21.7 Å². The molecule has 5 nitrogen and oxygen atoms in total. The maximum Gasteiger partial charge on any atom is 0.329 e. The number of amides is 3. The van der Waals surface area contributed by atoms with Crippen LogP contribution >= 0.6 is 15.9 Å². The topological polar surface area (TPSA) is 62.6 Å². The summed E-state index contributed by atoms with van der Waals surface area (Å²) in [5.74, 6) is 0.0541. The number of halogens is 2. The molecule has 2 heterocycles. The van der Waals surface area contributed by atoms with Crippen LogP contribution in [-0.2, 0) is 11.3 Å². The van der Waals surface area contributed by atoms with Gasteiger partial charge in [0.2, 0.25) is 0 Å². The maximum absolute atomic E-state index is 13.8. The van der Waals surface area contributed by atoms with E-state index >= 15 is 0 Å². The van der Waals surface area contributed by atoms with Crippen molar-refractivity contribution < 1.29 is 18.4 Å². The molecule has 0 saturated carbocycles. The number of hydrogen-bond acceptors (Lipinski definition) is 3. The fourth-order valence-corrected chi connectivity index (χ4v) is 3.28. The summed E-state index contributed by atoms with van der Waals surface area (Å²) >= 11 is 3.41. The molecule has 1 saturated heterocycles. The van der Waals surface area contributed by atoms with Gasteiger partial charge in [-0.1, -0.05) is 46.3 Å². The van der Waals surface area contributed by atoms with Crippen LogP contribution in [0.4, 0.5) is 9.18 Å². The fraction of sp³-hybridized carbons (Fsp3) is 0.0476. The van der Waals surface area contributed by atoms with Gasteiger partial charge < -0.3 is 9.73 Å². The molecule has 0 bridgehead atoms. The minimum absolute atomic E-state index is 0.0801.